The van der Waals surface area contributed by atoms with Crippen molar-refractivity contribution in [1.29, 1.82) is 0 Å². The summed E-state index contributed by atoms with van der Waals surface area (Å²) in [7, 11) is -4.64. The molecule has 0 aromatic rings. The van der Waals surface area contributed by atoms with Gasteiger partial charge in [0.05, 0.1) is 0 Å². The summed E-state index contributed by atoms with van der Waals surface area (Å²) in [5.41, 5.74) is 0. The Morgan fingerprint density at radius 2 is 1.36 bits per heavy atom. The van der Waals surface area contributed by atoms with Crippen LogP contribution in [0.3, 0.4) is 0 Å². The van der Waals surface area contributed by atoms with Gasteiger partial charge >= 0.3 is 58.8 Å². The second-order valence-electron chi connectivity index (χ2n) is 1.48. The van der Waals surface area contributed by atoms with Gasteiger partial charge in [-0.25, -0.2) is 4.57 Å². The third kappa shape index (κ3) is 56.8. The molecule has 0 unspecified atom stereocenters. The normalized spacial score (nSPS) is 12.0. The fourth-order valence-electron chi connectivity index (χ4n) is 0. The Kier molecular flexibility index (Phi) is 7.25. The summed E-state index contributed by atoms with van der Waals surface area (Å²) in [6.45, 7) is 0. The van der Waals surface area contributed by atoms with Gasteiger partial charge in [0, 0.05) is 0 Å². The first-order valence-electron chi connectivity index (χ1n) is 2.41. The van der Waals surface area contributed by atoms with Crippen molar-refractivity contribution in [1.82, 2.24) is 0 Å². The molecule has 3 N–H and O–H groups in total. The van der Waals surface area contributed by atoms with Gasteiger partial charge in [-0.15, -0.1) is 0 Å². The first-order valence-corrected chi connectivity index (χ1v) is 5.39. The van der Waals surface area contributed by atoms with E-state index in [4.69, 9.17) is 19.2 Å². The van der Waals surface area contributed by atoms with Crippen LogP contribution in [0.4, 0.5) is 13.2 Å². The summed E-state index contributed by atoms with van der Waals surface area (Å²) in [4.78, 5) is 21.6. The smallest absolute Gasteiger partial charge is 0.303 e. The average molecular weight is 204 g/mol. The third-order valence-corrected chi connectivity index (χ3v) is 1.20. The number of halogens is 3. The van der Waals surface area contributed by atoms with Gasteiger partial charge in [0.1, 0.15) is 0 Å². The molecule has 0 aliphatic carbocycles. The number of phosphoric acid groups is 1. The van der Waals surface area contributed by atoms with Crippen molar-refractivity contribution in [2.24, 2.45) is 0 Å². The zero-order valence-corrected chi connectivity index (χ0v) is 8.43. The molecule has 0 fully saturated rings. The molecule has 0 radical (unpaired) electrons. The molecule has 0 aromatic heterocycles. The van der Waals surface area contributed by atoms with E-state index in [1.54, 1.807) is 0 Å². The summed E-state index contributed by atoms with van der Waals surface area (Å²) in [6.07, 6.45) is -3.90. The van der Waals surface area contributed by atoms with Crippen LogP contribution in [0.1, 0.15) is 0 Å². The molecule has 0 aromatic carbocycles. The van der Waals surface area contributed by atoms with Gasteiger partial charge in [0.2, 0.25) is 0 Å². The molecule has 0 saturated carbocycles. The van der Waals surface area contributed by atoms with Crippen molar-refractivity contribution in [3.8, 4) is 0 Å². The maximum absolute atomic E-state index is 10.8. The van der Waals surface area contributed by atoms with Crippen LogP contribution in [-0.4, -0.2) is 48.8 Å². The minimum Gasteiger partial charge on any atom is -0.303 e. The fourth-order valence-corrected chi connectivity index (χ4v) is 0. The molecule has 0 heterocycles. The summed E-state index contributed by atoms with van der Waals surface area (Å²) in [6, 6.07) is 0. The van der Waals surface area contributed by atoms with E-state index in [2.05, 4.69) is 0 Å². The topological polar surface area (TPSA) is 77.8 Å². The van der Waals surface area contributed by atoms with Crippen LogP contribution in [-0.2, 0) is 4.57 Å². The first-order chi connectivity index (χ1) is 4.56. The van der Waals surface area contributed by atoms with Crippen molar-refractivity contribution < 1.29 is 32.4 Å². The molecule has 9 heteroatoms. The molecule has 0 saturated heterocycles. The molecule has 0 rings (SSSR count). The number of alkyl halides is 3. The largest absolute Gasteiger partial charge is 0.466 e. The van der Waals surface area contributed by atoms with Crippen LogP contribution in [0.15, 0.2) is 0 Å². The standard InChI is InChI=1S/C2H2F3.Na.H3O4P/c1-2(3,4)5;;1-5(2,3)4/h1H2;;(H3,1,2,3,4). The van der Waals surface area contributed by atoms with E-state index in [0.29, 0.717) is 0 Å². The van der Waals surface area contributed by atoms with E-state index in [9.17, 15) is 13.2 Å². The monoisotopic (exact) mass is 204 g/mol. The van der Waals surface area contributed by atoms with Crippen molar-refractivity contribution >= 4 is 35.8 Å². The number of hydrogen-bond acceptors (Lipinski definition) is 1. The van der Waals surface area contributed by atoms with E-state index in [0.717, 1.165) is 0 Å². The molecule has 64 valence electrons. The third-order valence-electron chi connectivity index (χ3n) is 0.401. The Bertz CT molecular complexity index is 132. The van der Waals surface area contributed by atoms with E-state index < -0.39 is 17.7 Å². The Hall–Kier alpha value is 0.900. The maximum atomic E-state index is 10.8. The molecule has 0 bridgehead atoms. The van der Waals surface area contributed by atoms with Crippen molar-refractivity contribution in [2.45, 2.75) is 9.85 Å². The summed E-state index contributed by atoms with van der Waals surface area (Å²) >= 11 is 0.223. The second-order valence-corrected chi connectivity index (χ2v) is 3.22. The average Bonchev–Trinajstić information content (AvgIpc) is 1.59. The number of hydrogen-bond donors (Lipinski definition) is 3. The van der Waals surface area contributed by atoms with E-state index in [1.165, 1.54) is 0 Å². The van der Waals surface area contributed by atoms with Crippen LogP contribution in [0, 0.1) is 0 Å². The molecular weight excluding hydrogens is 199 g/mol. The fraction of sp³-hybridized carbons (Fsp3) is 1.00. The minimum atomic E-state index is -4.64. The van der Waals surface area contributed by atoms with Crippen molar-refractivity contribution in [3.05, 3.63) is 0 Å². The molecule has 0 spiro atoms. The van der Waals surface area contributed by atoms with Gasteiger partial charge in [-0.1, -0.05) is 0 Å². The predicted octanol–water partition coefficient (Wildman–Crippen LogP) is 0.207. The number of rotatable bonds is 0. The Labute approximate surface area is 78.1 Å². The molecule has 4 nitrogen and oxygen atoms in total. The predicted molar refractivity (Wildman–Crippen MR) is 30.9 cm³/mol. The van der Waals surface area contributed by atoms with Gasteiger partial charge in [0.15, 0.2) is 0 Å². The second kappa shape index (κ2) is 5.53. The first kappa shape index (κ1) is 14.4. The molecule has 0 atom stereocenters. The minimum absolute atomic E-state index is 0.223. The zero-order chi connectivity index (χ0) is 9.71. The maximum Gasteiger partial charge on any atom is 0.466 e. The zero-order valence-electron chi connectivity index (χ0n) is 5.54. The van der Waals surface area contributed by atoms with Crippen LogP contribution >= 0.6 is 7.82 Å². The van der Waals surface area contributed by atoms with Gasteiger partial charge in [-0.05, 0) is 0 Å². The molecule has 0 aliphatic heterocycles. The van der Waals surface area contributed by atoms with Crippen LogP contribution in [0.5, 0.6) is 0 Å². The van der Waals surface area contributed by atoms with Crippen molar-refractivity contribution in [2.75, 3.05) is 0 Å². The summed E-state index contributed by atoms with van der Waals surface area (Å²) in [5, 5.41) is 0. The van der Waals surface area contributed by atoms with E-state index in [-0.39, 0.29) is 27.9 Å². The molecule has 0 amide bonds. The Balaban J connectivity index is 0. The van der Waals surface area contributed by atoms with Gasteiger partial charge in [-0.2, -0.15) is 0 Å². The Morgan fingerprint density at radius 1 is 1.27 bits per heavy atom. The Morgan fingerprint density at radius 3 is 1.36 bits per heavy atom. The van der Waals surface area contributed by atoms with E-state index >= 15 is 0 Å². The van der Waals surface area contributed by atoms with Gasteiger partial charge < -0.3 is 14.7 Å². The van der Waals surface area contributed by atoms with Crippen LogP contribution in [0.25, 0.3) is 0 Å². The SMILES string of the molecule is FC(F)(F)[CH2][Na].O=P(O)(O)O. The van der Waals surface area contributed by atoms with Crippen LogP contribution in [0.2, 0.25) is 3.67 Å². The van der Waals surface area contributed by atoms with Crippen LogP contribution < -0.4 is 0 Å². The quantitative estimate of drug-likeness (QED) is 0.389. The summed E-state index contributed by atoms with van der Waals surface area (Å²) < 4.78 is 40.8. The molecular formula is C2H5F3NaO4P. The van der Waals surface area contributed by atoms with Crippen molar-refractivity contribution in [3.63, 3.8) is 0 Å². The van der Waals surface area contributed by atoms with Gasteiger partial charge in [-0.3, -0.25) is 0 Å². The molecule has 11 heavy (non-hydrogen) atoms. The summed E-state index contributed by atoms with van der Waals surface area (Å²) in [5.74, 6) is 0. The van der Waals surface area contributed by atoms with E-state index in [1.807, 2.05) is 0 Å². The van der Waals surface area contributed by atoms with Gasteiger partial charge in [0.25, 0.3) is 0 Å². The molecule has 0 aliphatic rings.